The fourth-order valence-electron chi connectivity index (χ4n) is 4.23. The number of rotatable bonds is 8. The molecule has 0 aliphatic carbocycles. The highest BCUT2D eigenvalue weighted by Crippen LogP contribution is 2.52. The molecule has 5 atom stereocenters. The van der Waals surface area contributed by atoms with Gasteiger partial charge in [-0.2, -0.15) is 5.26 Å². The Morgan fingerprint density at radius 1 is 1.25 bits per heavy atom. The summed E-state index contributed by atoms with van der Waals surface area (Å²) in [6.45, 7) is 11.3. The number of benzene rings is 1. The number of hydrogen-bond acceptors (Lipinski definition) is 10. The lowest BCUT2D eigenvalue weighted by molar-refractivity contribution is -0.0609. The SMILES string of the molecule is CC(C)(C)[Si](C)(C)O[C@@H]1[C@@H]2OP(OCCC#N)OC[C@H]2O[C@H]1n1cnc2c(NC(=O)c3ccccc3)ncnc21. The van der Waals surface area contributed by atoms with Gasteiger partial charge in [-0.3, -0.25) is 9.36 Å². The van der Waals surface area contributed by atoms with Crippen LogP contribution in [-0.2, 0) is 22.7 Å². The summed E-state index contributed by atoms with van der Waals surface area (Å²) in [7, 11) is -3.95. The number of imidazole rings is 1. The van der Waals surface area contributed by atoms with Crippen molar-refractivity contribution in [3.05, 3.63) is 48.5 Å². The minimum Gasteiger partial charge on any atom is -0.407 e. The van der Waals surface area contributed by atoms with E-state index >= 15 is 0 Å². The molecular weight excluding hydrogens is 551 g/mol. The molecule has 12 nitrogen and oxygen atoms in total. The van der Waals surface area contributed by atoms with Crippen LogP contribution in [0.2, 0.25) is 18.1 Å². The molecule has 2 saturated heterocycles. The smallest absolute Gasteiger partial charge is 0.333 e. The number of nitrogens with zero attached hydrogens (tertiary/aromatic N) is 5. The molecule has 4 heterocycles. The normalized spacial score (nSPS) is 24.9. The minimum absolute atomic E-state index is 0.0666. The van der Waals surface area contributed by atoms with Crippen LogP contribution in [0.4, 0.5) is 5.82 Å². The van der Waals surface area contributed by atoms with Crippen molar-refractivity contribution in [3.8, 4) is 6.07 Å². The van der Waals surface area contributed by atoms with E-state index < -0.39 is 41.5 Å². The quantitative estimate of drug-likeness (QED) is 0.220. The summed E-state index contributed by atoms with van der Waals surface area (Å²) in [6.07, 6.45) is 1.25. The summed E-state index contributed by atoms with van der Waals surface area (Å²) in [5, 5.41) is 11.6. The molecule has 2 aliphatic heterocycles. The lowest BCUT2D eigenvalue weighted by atomic mass is 10.1. The lowest BCUT2D eigenvalue weighted by Crippen LogP contribution is -2.49. The van der Waals surface area contributed by atoms with Gasteiger partial charge in [0.25, 0.3) is 5.91 Å². The first kappa shape index (κ1) is 28.7. The number of nitrogens with one attached hydrogen (secondary N) is 1. The number of ether oxygens (including phenoxy) is 1. The summed E-state index contributed by atoms with van der Waals surface area (Å²) >= 11 is 0. The number of aromatic nitrogens is 4. The van der Waals surface area contributed by atoms with Gasteiger partial charge in [0.1, 0.15) is 24.6 Å². The van der Waals surface area contributed by atoms with E-state index in [-0.39, 0.29) is 30.6 Å². The predicted octanol–water partition coefficient (Wildman–Crippen LogP) is 4.94. The van der Waals surface area contributed by atoms with Gasteiger partial charge in [0.15, 0.2) is 31.5 Å². The highest BCUT2D eigenvalue weighted by atomic mass is 31.2. The van der Waals surface area contributed by atoms with E-state index in [2.05, 4.69) is 60.2 Å². The zero-order chi connectivity index (χ0) is 28.5. The van der Waals surface area contributed by atoms with E-state index in [9.17, 15) is 4.79 Å². The Morgan fingerprint density at radius 3 is 2.75 bits per heavy atom. The van der Waals surface area contributed by atoms with E-state index in [0.29, 0.717) is 22.5 Å². The van der Waals surface area contributed by atoms with Crippen LogP contribution in [0.15, 0.2) is 43.0 Å². The second-order valence-corrected chi connectivity index (χ2v) is 17.0. The molecular formula is C26H33N6O6PSi. The summed E-state index contributed by atoms with van der Waals surface area (Å²) in [4.78, 5) is 26.1. The number of fused-ring (bicyclic) bond motifs is 2. The molecule has 40 heavy (non-hydrogen) atoms. The molecule has 2 aliphatic rings. The molecule has 0 radical (unpaired) electrons. The van der Waals surface area contributed by atoms with Crippen molar-refractivity contribution in [1.82, 2.24) is 19.5 Å². The maximum Gasteiger partial charge on any atom is 0.333 e. The van der Waals surface area contributed by atoms with E-state index in [1.807, 2.05) is 6.07 Å². The number of carbonyl (C=O) groups is 1. The predicted molar refractivity (Wildman–Crippen MR) is 150 cm³/mol. The largest absolute Gasteiger partial charge is 0.407 e. The van der Waals surface area contributed by atoms with Crippen molar-refractivity contribution in [2.24, 2.45) is 0 Å². The Labute approximate surface area is 235 Å². The Balaban J connectivity index is 1.46. The molecule has 3 aromatic rings. The highest BCUT2D eigenvalue weighted by Gasteiger charge is 2.54. The number of nitriles is 1. The van der Waals surface area contributed by atoms with Crippen LogP contribution in [0.1, 0.15) is 43.8 Å². The summed E-state index contributed by atoms with van der Waals surface area (Å²) in [5.41, 5.74) is 1.42. The van der Waals surface area contributed by atoms with Gasteiger partial charge < -0.3 is 28.1 Å². The van der Waals surface area contributed by atoms with Gasteiger partial charge in [0.05, 0.1) is 32.0 Å². The monoisotopic (exact) mass is 584 g/mol. The Kier molecular flexibility index (Phi) is 8.31. The summed E-state index contributed by atoms with van der Waals surface area (Å²) in [6, 6.07) is 11.0. The Morgan fingerprint density at radius 2 is 2.02 bits per heavy atom. The fraction of sp³-hybridized carbons (Fsp3) is 0.500. The molecule has 0 spiro atoms. The van der Waals surface area contributed by atoms with Gasteiger partial charge in [0.2, 0.25) is 0 Å². The van der Waals surface area contributed by atoms with Crippen molar-refractivity contribution in [3.63, 3.8) is 0 Å². The van der Waals surface area contributed by atoms with Crippen molar-refractivity contribution >= 4 is 39.8 Å². The molecule has 1 unspecified atom stereocenters. The fourth-order valence-corrected chi connectivity index (χ4v) is 6.68. The third-order valence-corrected chi connectivity index (χ3v) is 13.0. The van der Waals surface area contributed by atoms with Crippen LogP contribution in [0.5, 0.6) is 0 Å². The van der Waals surface area contributed by atoms with Gasteiger partial charge in [-0.05, 0) is 30.3 Å². The van der Waals surface area contributed by atoms with Crippen LogP contribution in [0.3, 0.4) is 0 Å². The summed E-state index contributed by atoms with van der Waals surface area (Å²) < 4.78 is 32.9. The maximum absolute atomic E-state index is 12.8. The average molecular weight is 585 g/mol. The summed E-state index contributed by atoms with van der Waals surface area (Å²) in [5.74, 6) is -0.00315. The number of anilines is 1. The van der Waals surface area contributed by atoms with Crippen molar-refractivity contribution in [2.45, 2.75) is 69.9 Å². The molecule has 2 fully saturated rings. The van der Waals surface area contributed by atoms with E-state index in [1.165, 1.54) is 6.33 Å². The Hall–Kier alpha value is -2.82. The maximum atomic E-state index is 12.8. The second-order valence-electron chi connectivity index (χ2n) is 11.1. The van der Waals surface area contributed by atoms with E-state index in [0.717, 1.165) is 0 Å². The molecule has 5 rings (SSSR count). The molecule has 14 heteroatoms. The molecule has 0 saturated carbocycles. The first-order chi connectivity index (χ1) is 19.1. The van der Waals surface area contributed by atoms with Gasteiger partial charge in [-0.1, -0.05) is 39.0 Å². The molecule has 0 bridgehead atoms. The molecule has 2 aromatic heterocycles. The lowest BCUT2D eigenvalue weighted by Gasteiger charge is -2.41. The molecule has 1 aromatic carbocycles. The van der Waals surface area contributed by atoms with Gasteiger partial charge in [-0.15, -0.1) is 0 Å². The van der Waals surface area contributed by atoms with Gasteiger partial charge >= 0.3 is 8.60 Å². The third kappa shape index (κ3) is 5.80. The number of carbonyl (C=O) groups excluding carboxylic acids is 1. The third-order valence-electron chi connectivity index (χ3n) is 7.39. The van der Waals surface area contributed by atoms with Crippen LogP contribution in [0, 0.1) is 11.3 Å². The standard InChI is InChI=1S/C26H33N6O6PSi/c1-26(2,3)40(4,5)38-21-20-18(14-35-39(37-20)34-13-9-12-27)36-25(21)32-16-30-19-22(28-15-29-23(19)32)31-24(33)17-10-7-6-8-11-17/h6-8,10-11,15-16,18,20-21,25H,9,13-14H2,1-5H3,(H,28,29,31,33)/t18-,20-,21-,25-,39?/m1/s1. The van der Waals surface area contributed by atoms with Crippen molar-refractivity contribution in [1.29, 1.82) is 5.26 Å². The van der Waals surface area contributed by atoms with Gasteiger partial charge in [0, 0.05) is 5.56 Å². The van der Waals surface area contributed by atoms with Crippen LogP contribution >= 0.6 is 8.60 Å². The first-order valence-electron chi connectivity index (χ1n) is 13.1. The number of amides is 1. The zero-order valence-electron chi connectivity index (χ0n) is 23.1. The van der Waals surface area contributed by atoms with Gasteiger partial charge in [-0.25, -0.2) is 15.0 Å². The molecule has 1 amide bonds. The molecule has 212 valence electrons. The van der Waals surface area contributed by atoms with Crippen LogP contribution < -0.4 is 5.32 Å². The molecule has 1 N–H and O–H groups in total. The van der Waals surface area contributed by atoms with Crippen LogP contribution in [0.25, 0.3) is 11.2 Å². The number of hydrogen-bond donors (Lipinski definition) is 1. The van der Waals surface area contributed by atoms with E-state index in [1.54, 1.807) is 35.2 Å². The van der Waals surface area contributed by atoms with Crippen LogP contribution in [-0.4, -0.2) is 65.3 Å². The average Bonchev–Trinajstić information content (AvgIpc) is 3.50. The topological polar surface area (TPSA) is 143 Å². The van der Waals surface area contributed by atoms with Crippen molar-refractivity contribution in [2.75, 3.05) is 18.5 Å². The minimum atomic E-state index is -2.29. The first-order valence-corrected chi connectivity index (χ1v) is 17.1. The highest BCUT2D eigenvalue weighted by molar-refractivity contribution is 7.41. The second kappa shape index (κ2) is 11.6. The zero-order valence-corrected chi connectivity index (χ0v) is 25.0. The Bertz CT molecular complexity index is 1390. The van der Waals surface area contributed by atoms with Crippen molar-refractivity contribution < 1.29 is 27.5 Å². The van der Waals surface area contributed by atoms with E-state index in [4.69, 9.17) is 28.0 Å².